The first-order valence-electron chi connectivity index (χ1n) is 10.6. The lowest BCUT2D eigenvalue weighted by Crippen LogP contribution is -2.33. The van der Waals surface area contributed by atoms with Crippen molar-refractivity contribution in [2.45, 2.75) is 46.1 Å². The number of halogens is 1. The van der Waals surface area contributed by atoms with Gasteiger partial charge in [-0.2, -0.15) is 0 Å². The van der Waals surface area contributed by atoms with E-state index < -0.39 is 16.0 Å². The molecule has 1 heterocycles. The Balaban J connectivity index is 2.04. The number of aromatic carboxylic acids is 1. The monoisotopic (exact) mass is 492 g/mol. The van der Waals surface area contributed by atoms with E-state index in [9.17, 15) is 18.3 Å². The van der Waals surface area contributed by atoms with Gasteiger partial charge in [0.15, 0.2) is 0 Å². The predicted molar refractivity (Wildman–Crippen MR) is 131 cm³/mol. The number of hydrogen-bond acceptors (Lipinski definition) is 5. The van der Waals surface area contributed by atoms with Crippen LogP contribution in [0.2, 0.25) is 5.02 Å². The van der Waals surface area contributed by atoms with Crippen LogP contribution in [0.3, 0.4) is 0 Å². The number of fused-ring (bicyclic) bond motifs is 1. The molecular weight excluding hydrogens is 464 g/mol. The molecule has 0 aliphatic rings. The molecule has 0 bridgehead atoms. The molecule has 0 amide bonds. The summed E-state index contributed by atoms with van der Waals surface area (Å²) in [6.07, 6.45) is 0. The van der Waals surface area contributed by atoms with Gasteiger partial charge in [-0.15, -0.1) is 0 Å². The van der Waals surface area contributed by atoms with Crippen molar-refractivity contribution in [3.63, 3.8) is 0 Å². The maximum absolute atomic E-state index is 13.7. The molecule has 7 nitrogen and oxygen atoms in total. The first kappa shape index (κ1) is 25.1. The highest BCUT2D eigenvalue weighted by molar-refractivity contribution is 7.92. The number of nitrogens with one attached hydrogen (secondary N) is 1. The van der Waals surface area contributed by atoms with Crippen LogP contribution in [0, 0.1) is 12.3 Å². The van der Waals surface area contributed by atoms with Gasteiger partial charge in [0.2, 0.25) is 5.76 Å². The van der Waals surface area contributed by atoms with E-state index >= 15 is 0 Å². The van der Waals surface area contributed by atoms with Crippen molar-refractivity contribution in [2.75, 3.05) is 17.4 Å². The molecule has 0 atom stereocenters. The third kappa shape index (κ3) is 5.34. The van der Waals surface area contributed by atoms with Gasteiger partial charge in [0.1, 0.15) is 5.58 Å². The molecule has 0 unspecified atom stereocenters. The molecule has 3 aromatic rings. The van der Waals surface area contributed by atoms with Crippen LogP contribution in [0.4, 0.5) is 5.69 Å². The second kappa shape index (κ2) is 9.37. The lowest BCUT2D eigenvalue weighted by molar-refractivity contribution is 0.0664. The van der Waals surface area contributed by atoms with Gasteiger partial charge in [-0.3, -0.25) is 4.31 Å². The van der Waals surface area contributed by atoms with Gasteiger partial charge < -0.3 is 14.8 Å². The fourth-order valence-corrected chi connectivity index (χ4v) is 5.41. The average Bonchev–Trinajstić information content (AvgIpc) is 3.05. The zero-order valence-electron chi connectivity index (χ0n) is 19.4. The Hall–Kier alpha value is -2.55. The maximum Gasteiger partial charge on any atom is 0.372 e. The van der Waals surface area contributed by atoms with Crippen molar-refractivity contribution >= 4 is 44.3 Å². The number of hydrogen-bond donors (Lipinski definition) is 2. The molecule has 178 valence electrons. The van der Waals surface area contributed by atoms with Crippen LogP contribution in [-0.2, 0) is 16.6 Å². The van der Waals surface area contributed by atoms with Gasteiger partial charge >= 0.3 is 5.97 Å². The number of anilines is 1. The van der Waals surface area contributed by atoms with E-state index in [1.165, 1.54) is 22.5 Å². The highest BCUT2D eigenvalue weighted by Crippen LogP contribution is 2.32. The van der Waals surface area contributed by atoms with Crippen molar-refractivity contribution in [3.05, 3.63) is 58.3 Å². The number of carbonyl (C=O) groups is 1. The van der Waals surface area contributed by atoms with Gasteiger partial charge in [0, 0.05) is 35.6 Å². The number of carboxylic acids is 1. The largest absolute Gasteiger partial charge is 0.475 e. The summed E-state index contributed by atoms with van der Waals surface area (Å²) in [5, 5.41) is 13.7. The van der Waals surface area contributed by atoms with E-state index in [0.29, 0.717) is 33.8 Å². The van der Waals surface area contributed by atoms with Gasteiger partial charge in [-0.05, 0) is 61.2 Å². The number of aryl methyl sites for hydroxylation is 1. The minimum atomic E-state index is -3.94. The van der Waals surface area contributed by atoms with Crippen molar-refractivity contribution in [3.8, 4) is 0 Å². The predicted octanol–water partition coefficient (Wildman–Crippen LogP) is 5.44. The molecule has 3 rings (SSSR count). The van der Waals surface area contributed by atoms with Crippen LogP contribution in [-0.4, -0.2) is 32.6 Å². The first-order valence-corrected chi connectivity index (χ1v) is 12.5. The summed E-state index contributed by atoms with van der Waals surface area (Å²) < 4.78 is 34.0. The topological polar surface area (TPSA) is 99.9 Å². The second-order valence-electron chi connectivity index (χ2n) is 9.13. The van der Waals surface area contributed by atoms with E-state index in [0.717, 1.165) is 12.1 Å². The van der Waals surface area contributed by atoms with Crippen LogP contribution in [0.5, 0.6) is 0 Å². The molecular formula is C24H29ClN2O5S. The molecule has 0 fully saturated rings. The second-order valence-corrected chi connectivity index (χ2v) is 11.4. The minimum absolute atomic E-state index is 0.0567. The van der Waals surface area contributed by atoms with E-state index in [4.69, 9.17) is 16.0 Å². The van der Waals surface area contributed by atoms with E-state index in [-0.39, 0.29) is 22.6 Å². The number of furan rings is 1. The Labute approximate surface area is 199 Å². The Morgan fingerprint density at radius 2 is 1.88 bits per heavy atom. The van der Waals surface area contributed by atoms with E-state index in [1.54, 1.807) is 32.0 Å². The fraction of sp³-hybridized carbons (Fsp3) is 0.375. The molecule has 2 aromatic carbocycles. The van der Waals surface area contributed by atoms with Crippen LogP contribution < -0.4 is 9.62 Å². The Morgan fingerprint density at radius 3 is 2.48 bits per heavy atom. The first-order chi connectivity index (χ1) is 15.3. The summed E-state index contributed by atoms with van der Waals surface area (Å²) >= 11 is 6.22. The molecule has 0 saturated carbocycles. The quantitative estimate of drug-likeness (QED) is 0.434. The summed E-state index contributed by atoms with van der Waals surface area (Å²) in [6, 6.07) is 9.54. The molecule has 9 heteroatoms. The van der Waals surface area contributed by atoms with Crippen LogP contribution in [0.15, 0.2) is 45.7 Å². The van der Waals surface area contributed by atoms with Gasteiger partial charge in [0.05, 0.1) is 10.6 Å². The number of carboxylic acid groups (broad SMARTS) is 1. The summed E-state index contributed by atoms with van der Waals surface area (Å²) in [5.74, 6) is -1.39. The SMILES string of the molecule is CCN(c1ccc(Cl)cc1CNCC(C)(C)C)S(=O)(=O)c1ccc2oc(C(=O)O)c(C)c2c1. The van der Waals surface area contributed by atoms with Gasteiger partial charge in [-0.25, -0.2) is 13.2 Å². The van der Waals surface area contributed by atoms with Crippen LogP contribution in [0.1, 0.15) is 49.4 Å². The van der Waals surface area contributed by atoms with Crippen LogP contribution >= 0.6 is 11.6 Å². The van der Waals surface area contributed by atoms with E-state index in [1.807, 2.05) is 0 Å². The third-order valence-corrected chi connectivity index (χ3v) is 7.38. The Morgan fingerprint density at radius 1 is 1.18 bits per heavy atom. The van der Waals surface area contributed by atoms with Crippen LogP contribution in [0.25, 0.3) is 11.0 Å². The smallest absolute Gasteiger partial charge is 0.372 e. The Bertz CT molecular complexity index is 1290. The summed E-state index contributed by atoms with van der Waals surface area (Å²) in [7, 11) is -3.94. The average molecular weight is 493 g/mol. The summed E-state index contributed by atoms with van der Waals surface area (Å²) in [6.45, 7) is 11.1. The lowest BCUT2D eigenvalue weighted by atomic mass is 9.97. The number of sulfonamides is 1. The molecule has 1 aromatic heterocycles. The minimum Gasteiger partial charge on any atom is -0.475 e. The summed E-state index contributed by atoms with van der Waals surface area (Å²) in [5.41, 5.74) is 2.09. The Kier molecular flexibility index (Phi) is 7.12. The molecule has 0 saturated heterocycles. The normalized spacial score (nSPS) is 12.3. The lowest BCUT2D eigenvalue weighted by Gasteiger charge is -2.26. The fourth-order valence-electron chi connectivity index (χ4n) is 3.67. The van der Waals surface area contributed by atoms with Crippen molar-refractivity contribution in [2.24, 2.45) is 5.41 Å². The standard InChI is InChI=1S/C24H29ClN2O5S/c1-6-27(20-9-7-17(25)11-16(20)13-26-14-24(3,4)5)33(30,31)18-8-10-21-19(12-18)15(2)22(32-21)23(28)29/h7-12,26H,6,13-14H2,1-5H3,(H,28,29). The molecule has 2 N–H and O–H groups in total. The van der Waals surface area contributed by atoms with Gasteiger partial charge in [0.25, 0.3) is 10.0 Å². The molecule has 0 aliphatic carbocycles. The number of nitrogens with zero attached hydrogens (tertiary/aromatic N) is 1. The molecule has 0 aliphatic heterocycles. The van der Waals surface area contributed by atoms with Crippen molar-refractivity contribution in [1.82, 2.24) is 5.32 Å². The third-order valence-electron chi connectivity index (χ3n) is 5.26. The van der Waals surface area contributed by atoms with Crippen molar-refractivity contribution < 1.29 is 22.7 Å². The molecule has 0 radical (unpaired) electrons. The zero-order chi connectivity index (χ0) is 24.6. The zero-order valence-corrected chi connectivity index (χ0v) is 21.0. The van der Waals surface area contributed by atoms with E-state index in [2.05, 4.69) is 26.1 Å². The maximum atomic E-state index is 13.7. The highest BCUT2D eigenvalue weighted by Gasteiger charge is 2.27. The summed E-state index contributed by atoms with van der Waals surface area (Å²) in [4.78, 5) is 11.4. The van der Waals surface area contributed by atoms with Gasteiger partial charge in [-0.1, -0.05) is 32.4 Å². The van der Waals surface area contributed by atoms with Crippen molar-refractivity contribution in [1.29, 1.82) is 0 Å². The molecule has 33 heavy (non-hydrogen) atoms. The number of benzene rings is 2. The highest BCUT2D eigenvalue weighted by atomic mass is 35.5. The molecule has 0 spiro atoms. The number of rotatable bonds is 8.